The number of nitrogens with zero attached hydrogens (tertiary/aromatic N) is 4. The van der Waals surface area contributed by atoms with E-state index >= 15 is 0 Å². The molecule has 0 radical (unpaired) electrons. The van der Waals surface area contributed by atoms with Crippen LogP contribution in [0.5, 0.6) is 0 Å². The Morgan fingerprint density at radius 1 is 1.21 bits per heavy atom. The van der Waals surface area contributed by atoms with Crippen LogP contribution >= 0.6 is 0 Å². The summed E-state index contributed by atoms with van der Waals surface area (Å²) in [6, 6.07) is 11.0. The second-order valence-electron chi connectivity index (χ2n) is 9.88. The molecule has 7 nitrogen and oxygen atoms in total. The number of likely N-dealkylation sites (tertiary alicyclic amines) is 1. The summed E-state index contributed by atoms with van der Waals surface area (Å²) in [6.07, 6.45) is 4.05. The summed E-state index contributed by atoms with van der Waals surface area (Å²) in [6.45, 7) is 8.83. The third kappa shape index (κ3) is 4.22. The van der Waals surface area contributed by atoms with Crippen molar-refractivity contribution in [3.63, 3.8) is 0 Å². The van der Waals surface area contributed by atoms with Gasteiger partial charge >= 0.3 is 0 Å². The van der Waals surface area contributed by atoms with Gasteiger partial charge < -0.3 is 4.90 Å². The van der Waals surface area contributed by atoms with Crippen molar-refractivity contribution in [3.8, 4) is 0 Å². The second-order valence-corrected chi connectivity index (χ2v) is 9.88. The molecule has 174 valence electrons. The average Bonchev–Trinajstić information content (AvgIpc) is 3.23. The topological polar surface area (TPSA) is 73.7 Å². The number of carbonyl (C=O) groups excluding carboxylic acids is 1. The number of fused-ring (bicyclic) bond motifs is 2. The minimum Gasteiger partial charge on any atom is -0.337 e. The second kappa shape index (κ2) is 8.78. The molecule has 2 aliphatic heterocycles. The molecule has 5 rings (SSSR count). The molecular formula is C26H33N5O2. The van der Waals surface area contributed by atoms with Crippen molar-refractivity contribution < 1.29 is 4.79 Å². The van der Waals surface area contributed by atoms with Crippen molar-refractivity contribution in [3.05, 3.63) is 68.8 Å². The molecule has 0 saturated carbocycles. The zero-order valence-electron chi connectivity index (χ0n) is 19.8. The molecular weight excluding hydrogens is 414 g/mol. The number of nitrogens with one attached hydrogen (secondary N) is 1. The van der Waals surface area contributed by atoms with Gasteiger partial charge in [-0.1, -0.05) is 50.1 Å². The highest BCUT2D eigenvalue weighted by Gasteiger charge is 2.29. The lowest BCUT2D eigenvalue weighted by Crippen LogP contribution is -2.41. The lowest BCUT2D eigenvalue weighted by molar-refractivity contribution is -0.135. The van der Waals surface area contributed by atoms with Crippen LogP contribution in [0.15, 0.2) is 35.1 Å². The fourth-order valence-electron chi connectivity index (χ4n) is 5.30. The Balaban J connectivity index is 1.46. The van der Waals surface area contributed by atoms with Crippen LogP contribution in [-0.2, 0) is 24.3 Å². The molecule has 0 bridgehead atoms. The predicted molar refractivity (Wildman–Crippen MR) is 128 cm³/mol. The summed E-state index contributed by atoms with van der Waals surface area (Å²) in [4.78, 5) is 35.0. The third-order valence-electron chi connectivity index (χ3n) is 7.03. The zero-order chi connectivity index (χ0) is 23.1. The van der Waals surface area contributed by atoms with Crippen molar-refractivity contribution in [2.24, 2.45) is 5.92 Å². The Morgan fingerprint density at radius 2 is 2.06 bits per heavy atom. The van der Waals surface area contributed by atoms with Crippen molar-refractivity contribution in [1.29, 1.82) is 0 Å². The number of aryl methyl sites for hydroxylation is 1. The van der Waals surface area contributed by atoms with E-state index in [9.17, 15) is 9.59 Å². The van der Waals surface area contributed by atoms with Crippen molar-refractivity contribution in [2.45, 2.75) is 65.6 Å². The van der Waals surface area contributed by atoms with Gasteiger partial charge in [-0.2, -0.15) is 0 Å². The molecule has 1 atom stereocenters. The molecule has 1 saturated heterocycles. The number of carbonyl (C=O) groups is 1. The molecule has 2 aromatic heterocycles. The highest BCUT2D eigenvalue weighted by Crippen LogP contribution is 2.32. The van der Waals surface area contributed by atoms with Gasteiger partial charge in [-0.25, -0.2) is 9.50 Å². The van der Waals surface area contributed by atoms with Gasteiger partial charge in [0.15, 0.2) is 5.65 Å². The van der Waals surface area contributed by atoms with Crippen molar-refractivity contribution in [1.82, 2.24) is 24.4 Å². The van der Waals surface area contributed by atoms with Gasteiger partial charge in [0.2, 0.25) is 5.91 Å². The fraction of sp³-hybridized carbons (Fsp3) is 0.500. The molecule has 4 heterocycles. The Morgan fingerprint density at radius 3 is 2.85 bits per heavy atom. The fourth-order valence-corrected chi connectivity index (χ4v) is 5.30. The van der Waals surface area contributed by atoms with Gasteiger partial charge in [-0.05, 0) is 31.9 Å². The highest BCUT2D eigenvalue weighted by atomic mass is 16.2. The molecule has 1 amide bonds. The minimum absolute atomic E-state index is 0.0752. The van der Waals surface area contributed by atoms with E-state index in [1.807, 2.05) is 19.9 Å². The summed E-state index contributed by atoms with van der Waals surface area (Å²) < 4.78 is 1.58. The normalized spacial score (nSPS) is 19.3. The Kier molecular flexibility index (Phi) is 5.83. The summed E-state index contributed by atoms with van der Waals surface area (Å²) in [5, 5.41) is 3.37. The van der Waals surface area contributed by atoms with E-state index in [-0.39, 0.29) is 23.4 Å². The maximum absolute atomic E-state index is 13.4. The predicted octanol–water partition coefficient (Wildman–Crippen LogP) is 3.60. The Bertz CT molecular complexity index is 1240. The first-order valence-electron chi connectivity index (χ1n) is 12.1. The van der Waals surface area contributed by atoms with Crippen molar-refractivity contribution in [2.75, 3.05) is 13.1 Å². The first kappa shape index (κ1) is 21.9. The van der Waals surface area contributed by atoms with Crippen LogP contribution in [-0.4, -0.2) is 43.4 Å². The van der Waals surface area contributed by atoms with Crippen LogP contribution in [0.25, 0.3) is 5.65 Å². The number of piperidine rings is 1. The van der Waals surface area contributed by atoms with E-state index in [0.717, 1.165) is 30.9 Å². The largest absolute Gasteiger partial charge is 0.337 e. The molecule has 0 unspecified atom stereocenters. The molecule has 33 heavy (non-hydrogen) atoms. The third-order valence-corrected chi connectivity index (χ3v) is 7.03. The lowest BCUT2D eigenvalue weighted by atomic mass is 9.98. The molecule has 0 spiro atoms. The number of rotatable bonds is 4. The lowest BCUT2D eigenvalue weighted by Gasteiger charge is -2.35. The number of benzene rings is 1. The first-order chi connectivity index (χ1) is 15.9. The van der Waals surface area contributed by atoms with E-state index < -0.39 is 0 Å². The number of aromatic amines is 1. The van der Waals surface area contributed by atoms with Crippen LogP contribution < -0.4 is 5.56 Å². The van der Waals surface area contributed by atoms with E-state index in [2.05, 4.69) is 41.2 Å². The van der Waals surface area contributed by atoms with Gasteiger partial charge in [-0.3, -0.25) is 19.6 Å². The van der Waals surface area contributed by atoms with E-state index in [4.69, 9.17) is 4.98 Å². The number of hydrogen-bond acceptors (Lipinski definition) is 4. The molecule has 1 N–H and O–H groups in total. The Hall–Kier alpha value is -2.93. The van der Waals surface area contributed by atoms with Gasteiger partial charge in [0, 0.05) is 31.5 Å². The van der Waals surface area contributed by atoms with E-state index in [1.54, 1.807) is 9.42 Å². The maximum atomic E-state index is 13.4. The van der Waals surface area contributed by atoms with Gasteiger partial charge in [0.1, 0.15) is 0 Å². The smallest absolute Gasteiger partial charge is 0.277 e. The van der Waals surface area contributed by atoms with Crippen LogP contribution in [0.2, 0.25) is 0 Å². The Labute approximate surface area is 194 Å². The summed E-state index contributed by atoms with van der Waals surface area (Å²) >= 11 is 0. The van der Waals surface area contributed by atoms with Crippen LogP contribution in [0.3, 0.4) is 0 Å². The summed E-state index contributed by atoms with van der Waals surface area (Å²) in [7, 11) is 0. The van der Waals surface area contributed by atoms with Gasteiger partial charge in [0.25, 0.3) is 5.56 Å². The van der Waals surface area contributed by atoms with E-state index in [0.29, 0.717) is 30.7 Å². The summed E-state index contributed by atoms with van der Waals surface area (Å²) in [5.41, 5.74) is 5.71. The molecule has 3 aromatic rings. The quantitative estimate of drug-likeness (QED) is 0.663. The summed E-state index contributed by atoms with van der Waals surface area (Å²) in [5.74, 6) is 0.0140. The number of aromatic nitrogens is 3. The zero-order valence-corrected chi connectivity index (χ0v) is 19.8. The first-order valence-corrected chi connectivity index (χ1v) is 12.1. The maximum Gasteiger partial charge on any atom is 0.277 e. The number of H-pyrrole nitrogens is 1. The monoisotopic (exact) mass is 447 g/mol. The van der Waals surface area contributed by atoms with Crippen LogP contribution in [0, 0.1) is 12.8 Å². The van der Waals surface area contributed by atoms with Crippen molar-refractivity contribution >= 4 is 11.6 Å². The highest BCUT2D eigenvalue weighted by molar-refractivity contribution is 5.78. The van der Waals surface area contributed by atoms with E-state index in [1.165, 1.54) is 24.0 Å². The molecule has 7 heteroatoms. The number of hydrogen-bond donors (Lipinski definition) is 1. The molecule has 1 aromatic carbocycles. The SMILES string of the molecule is Cc1cccc(CN2CCCC[C@@H]2c2cc3nc4c(c(=O)n3[nH]2)CN(C(=O)C(C)C)CC4)c1. The number of amides is 1. The average molecular weight is 448 g/mol. The van der Waals surface area contributed by atoms with Crippen LogP contribution in [0.4, 0.5) is 0 Å². The van der Waals surface area contributed by atoms with Gasteiger partial charge in [0.05, 0.1) is 29.5 Å². The molecule has 0 aliphatic carbocycles. The van der Waals surface area contributed by atoms with Crippen LogP contribution in [0.1, 0.15) is 67.2 Å². The molecule has 2 aliphatic rings. The molecule has 1 fully saturated rings. The van der Waals surface area contributed by atoms with Gasteiger partial charge in [-0.15, -0.1) is 0 Å². The standard InChI is InChI=1S/C26H33N5O2/c1-17(2)25(32)30-12-10-21-20(16-30)26(33)31-24(27-21)14-22(28-31)23-9-4-5-11-29(23)15-19-8-6-7-18(3)13-19/h6-8,13-14,17,23,28H,4-5,9-12,15-16H2,1-3H3/t23-/m1/s1. The minimum atomic E-state index is -0.0800.